The van der Waals surface area contributed by atoms with Gasteiger partial charge in [0.2, 0.25) is 9.84 Å². The predicted octanol–water partition coefficient (Wildman–Crippen LogP) is 5.15. The SMILES string of the molecule is COC(=O)c1c(C)cccc1/C=C/c1ccc(S(=O)(=O)c2ccc(C)cc2)s1. The third-order valence-corrected chi connectivity index (χ3v) is 7.63. The molecule has 28 heavy (non-hydrogen) atoms. The topological polar surface area (TPSA) is 60.4 Å². The summed E-state index contributed by atoms with van der Waals surface area (Å²) >= 11 is 1.19. The predicted molar refractivity (Wildman–Crippen MR) is 112 cm³/mol. The summed E-state index contributed by atoms with van der Waals surface area (Å²) in [5.74, 6) is -0.397. The molecule has 0 bridgehead atoms. The summed E-state index contributed by atoms with van der Waals surface area (Å²) in [7, 11) is -2.19. The van der Waals surface area contributed by atoms with Gasteiger partial charge in [-0.05, 0) is 55.3 Å². The molecule has 0 aliphatic heterocycles. The Hall–Kier alpha value is -2.70. The number of sulfone groups is 1. The van der Waals surface area contributed by atoms with E-state index < -0.39 is 15.8 Å². The lowest BCUT2D eigenvalue weighted by Crippen LogP contribution is -2.06. The van der Waals surface area contributed by atoms with Crippen molar-refractivity contribution in [1.82, 2.24) is 0 Å². The lowest BCUT2D eigenvalue weighted by Gasteiger charge is -2.07. The van der Waals surface area contributed by atoms with Crippen molar-refractivity contribution >= 4 is 39.3 Å². The minimum atomic E-state index is -3.54. The molecule has 0 unspecified atom stereocenters. The van der Waals surface area contributed by atoms with Crippen LogP contribution in [-0.2, 0) is 14.6 Å². The first-order chi connectivity index (χ1) is 13.3. The summed E-state index contributed by atoms with van der Waals surface area (Å²) in [6.07, 6.45) is 3.60. The highest BCUT2D eigenvalue weighted by Crippen LogP contribution is 2.29. The maximum atomic E-state index is 12.8. The van der Waals surface area contributed by atoms with Crippen molar-refractivity contribution in [2.24, 2.45) is 0 Å². The zero-order valence-electron chi connectivity index (χ0n) is 15.8. The fourth-order valence-electron chi connectivity index (χ4n) is 2.78. The largest absolute Gasteiger partial charge is 0.465 e. The van der Waals surface area contributed by atoms with Crippen LogP contribution in [0.25, 0.3) is 12.2 Å². The number of aryl methyl sites for hydroxylation is 2. The van der Waals surface area contributed by atoms with E-state index in [-0.39, 0.29) is 9.10 Å². The van der Waals surface area contributed by atoms with Gasteiger partial charge in [0.1, 0.15) is 4.21 Å². The second-order valence-electron chi connectivity index (χ2n) is 6.34. The molecule has 6 heteroatoms. The van der Waals surface area contributed by atoms with Gasteiger partial charge in [-0.15, -0.1) is 11.3 Å². The number of ether oxygens (including phenoxy) is 1. The minimum Gasteiger partial charge on any atom is -0.465 e. The van der Waals surface area contributed by atoms with Crippen LogP contribution in [-0.4, -0.2) is 21.5 Å². The molecule has 0 spiro atoms. The Morgan fingerprint density at radius 2 is 1.68 bits per heavy atom. The number of hydrogen-bond acceptors (Lipinski definition) is 5. The van der Waals surface area contributed by atoms with E-state index in [1.165, 1.54) is 18.4 Å². The Labute approximate surface area is 169 Å². The van der Waals surface area contributed by atoms with E-state index in [1.54, 1.807) is 48.6 Å². The third kappa shape index (κ3) is 4.08. The van der Waals surface area contributed by atoms with Gasteiger partial charge >= 0.3 is 5.97 Å². The maximum Gasteiger partial charge on any atom is 0.338 e. The molecule has 0 N–H and O–H groups in total. The van der Waals surface area contributed by atoms with E-state index in [9.17, 15) is 13.2 Å². The van der Waals surface area contributed by atoms with Crippen molar-refractivity contribution in [1.29, 1.82) is 0 Å². The first-order valence-corrected chi connectivity index (χ1v) is 10.9. The van der Waals surface area contributed by atoms with Crippen LogP contribution in [0.5, 0.6) is 0 Å². The molecule has 0 saturated carbocycles. The molecule has 1 heterocycles. The van der Waals surface area contributed by atoms with Crippen LogP contribution in [0.2, 0.25) is 0 Å². The fourth-order valence-corrected chi connectivity index (χ4v) is 5.41. The van der Waals surface area contributed by atoms with Crippen LogP contribution < -0.4 is 0 Å². The smallest absolute Gasteiger partial charge is 0.338 e. The number of carbonyl (C=O) groups excluding carboxylic acids is 1. The molecule has 0 saturated heterocycles. The average molecular weight is 413 g/mol. The van der Waals surface area contributed by atoms with Crippen molar-refractivity contribution < 1.29 is 17.9 Å². The molecule has 3 rings (SSSR count). The lowest BCUT2D eigenvalue weighted by molar-refractivity contribution is 0.0599. The molecule has 2 aromatic carbocycles. The Morgan fingerprint density at radius 3 is 2.36 bits per heavy atom. The number of carbonyl (C=O) groups is 1. The van der Waals surface area contributed by atoms with Crippen LogP contribution >= 0.6 is 11.3 Å². The number of esters is 1. The molecule has 4 nitrogen and oxygen atoms in total. The number of rotatable bonds is 5. The Morgan fingerprint density at radius 1 is 0.964 bits per heavy atom. The molecule has 0 aliphatic rings. The highest BCUT2D eigenvalue weighted by Gasteiger charge is 2.19. The zero-order valence-corrected chi connectivity index (χ0v) is 17.4. The van der Waals surface area contributed by atoms with Crippen molar-refractivity contribution in [2.75, 3.05) is 7.11 Å². The third-order valence-electron chi connectivity index (χ3n) is 4.32. The summed E-state index contributed by atoms with van der Waals surface area (Å²) in [5, 5.41) is 0. The quantitative estimate of drug-likeness (QED) is 0.544. The molecule has 144 valence electrons. The van der Waals surface area contributed by atoms with Crippen molar-refractivity contribution in [3.8, 4) is 0 Å². The van der Waals surface area contributed by atoms with Gasteiger partial charge < -0.3 is 4.74 Å². The van der Waals surface area contributed by atoms with Gasteiger partial charge in [0, 0.05) is 4.88 Å². The summed E-state index contributed by atoms with van der Waals surface area (Å²) in [4.78, 5) is 13.1. The van der Waals surface area contributed by atoms with Gasteiger partial charge in [0.25, 0.3) is 0 Å². The van der Waals surface area contributed by atoms with Crippen LogP contribution in [0.4, 0.5) is 0 Å². The maximum absolute atomic E-state index is 12.8. The Balaban J connectivity index is 1.91. The Bertz CT molecular complexity index is 1140. The molecular formula is C22H20O4S2. The molecule has 0 radical (unpaired) electrons. The van der Waals surface area contributed by atoms with Crippen LogP contribution in [0.3, 0.4) is 0 Å². The Kier molecular flexibility index (Phi) is 5.82. The van der Waals surface area contributed by atoms with Gasteiger partial charge in [-0.25, -0.2) is 13.2 Å². The fraction of sp³-hybridized carbons (Fsp3) is 0.136. The van der Waals surface area contributed by atoms with Gasteiger partial charge in [0.15, 0.2) is 0 Å². The highest BCUT2D eigenvalue weighted by molar-refractivity contribution is 7.93. The standard InChI is InChI=1S/C22H20O4S2/c1-15-7-12-19(13-8-15)28(24,25)20-14-11-18(27-20)10-9-17-6-4-5-16(2)21(17)22(23)26-3/h4-14H,1-3H3/b10-9+. The molecule has 0 amide bonds. The van der Waals surface area contributed by atoms with Crippen molar-refractivity contribution in [3.63, 3.8) is 0 Å². The first kappa shape index (κ1) is 20.0. The van der Waals surface area contributed by atoms with Crippen molar-refractivity contribution in [3.05, 3.63) is 81.7 Å². The molecular weight excluding hydrogens is 392 g/mol. The molecule has 0 aliphatic carbocycles. The van der Waals surface area contributed by atoms with E-state index in [2.05, 4.69) is 0 Å². The zero-order chi connectivity index (χ0) is 20.3. The van der Waals surface area contributed by atoms with E-state index in [0.717, 1.165) is 21.6 Å². The average Bonchev–Trinajstić information content (AvgIpc) is 3.16. The van der Waals surface area contributed by atoms with Gasteiger partial charge in [0.05, 0.1) is 17.6 Å². The molecule has 0 atom stereocenters. The lowest BCUT2D eigenvalue weighted by atomic mass is 10.0. The van der Waals surface area contributed by atoms with Crippen LogP contribution in [0, 0.1) is 13.8 Å². The van der Waals surface area contributed by atoms with Crippen LogP contribution in [0.15, 0.2) is 63.7 Å². The number of thiophene rings is 1. The van der Waals surface area contributed by atoms with E-state index in [1.807, 2.05) is 32.0 Å². The van der Waals surface area contributed by atoms with Gasteiger partial charge in [-0.2, -0.15) is 0 Å². The second-order valence-corrected chi connectivity index (χ2v) is 9.63. The van der Waals surface area contributed by atoms with E-state index in [4.69, 9.17) is 4.74 Å². The number of methoxy groups -OCH3 is 1. The van der Waals surface area contributed by atoms with Gasteiger partial charge in [-0.3, -0.25) is 0 Å². The first-order valence-electron chi connectivity index (χ1n) is 8.60. The molecule has 3 aromatic rings. The minimum absolute atomic E-state index is 0.280. The van der Waals surface area contributed by atoms with Crippen molar-refractivity contribution in [2.45, 2.75) is 23.0 Å². The summed E-state index contributed by atoms with van der Waals surface area (Å²) < 4.78 is 30.7. The van der Waals surface area contributed by atoms with E-state index >= 15 is 0 Å². The summed E-state index contributed by atoms with van der Waals surface area (Å²) in [6.45, 7) is 3.76. The summed E-state index contributed by atoms with van der Waals surface area (Å²) in [6, 6.07) is 15.7. The summed E-state index contributed by atoms with van der Waals surface area (Å²) in [5.41, 5.74) is 3.06. The number of benzene rings is 2. The number of hydrogen-bond donors (Lipinski definition) is 0. The highest BCUT2D eigenvalue weighted by atomic mass is 32.2. The monoisotopic (exact) mass is 412 g/mol. The molecule has 0 fully saturated rings. The normalized spacial score (nSPS) is 11.7. The van der Waals surface area contributed by atoms with Gasteiger partial charge in [-0.1, -0.05) is 42.0 Å². The van der Waals surface area contributed by atoms with Crippen LogP contribution in [0.1, 0.15) is 31.9 Å². The molecule has 1 aromatic heterocycles. The second kappa shape index (κ2) is 8.12. The van der Waals surface area contributed by atoms with E-state index in [0.29, 0.717) is 5.56 Å².